The molecular formula is C9H9BrO4S. The van der Waals surface area contributed by atoms with Crippen molar-refractivity contribution >= 4 is 31.8 Å². The number of alkyl halides is 1. The van der Waals surface area contributed by atoms with Crippen LogP contribution in [0.2, 0.25) is 0 Å². The molecule has 0 heterocycles. The second-order valence-corrected chi connectivity index (χ2v) is 5.00. The summed E-state index contributed by atoms with van der Waals surface area (Å²) in [6.45, 7) is 0. The van der Waals surface area contributed by atoms with Gasteiger partial charge in [0.2, 0.25) is 0 Å². The zero-order valence-corrected chi connectivity index (χ0v) is 10.3. The molecule has 0 spiro atoms. The zero-order chi connectivity index (χ0) is 11.5. The van der Waals surface area contributed by atoms with E-state index in [2.05, 4.69) is 20.1 Å². The van der Waals surface area contributed by atoms with Crippen LogP contribution in [0.25, 0.3) is 0 Å². The highest BCUT2D eigenvalue weighted by atomic mass is 79.9. The van der Waals surface area contributed by atoms with Crippen LogP contribution in [-0.2, 0) is 10.1 Å². The van der Waals surface area contributed by atoms with Crippen LogP contribution in [0.15, 0.2) is 24.3 Å². The number of halogens is 1. The number of carbonyl (C=O) groups is 1. The molecule has 0 radical (unpaired) electrons. The van der Waals surface area contributed by atoms with Crippen LogP contribution >= 0.6 is 15.9 Å². The first kappa shape index (κ1) is 12.2. The van der Waals surface area contributed by atoms with Gasteiger partial charge in [-0.15, -0.1) is 0 Å². The van der Waals surface area contributed by atoms with Gasteiger partial charge in [-0.3, -0.25) is 4.79 Å². The van der Waals surface area contributed by atoms with Gasteiger partial charge in [0.25, 0.3) is 0 Å². The highest BCUT2D eigenvalue weighted by Crippen LogP contribution is 2.14. The molecule has 0 amide bonds. The van der Waals surface area contributed by atoms with Crippen LogP contribution < -0.4 is 4.18 Å². The molecule has 0 atom stereocenters. The second kappa shape index (κ2) is 4.76. The Labute approximate surface area is 96.5 Å². The van der Waals surface area contributed by atoms with Crippen molar-refractivity contribution in [2.24, 2.45) is 0 Å². The Bertz CT molecular complexity index is 450. The summed E-state index contributed by atoms with van der Waals surface area (Å²) < 4.78 is 26.2. The van der Waals surface area contributed by atoms with Crippen molar-refractivity contribution in [1.82, 2.24) is 0 Å². The summed E-state index contributed by atoms with van der Waals surface area (Å²) in [4.78, 5) is 11.2. The SMILES string of the molecule is CS(=O)(=O)Oc1ccc(C(=O)CBr)cc1. The van der Waals surface area contributed by atoms with Crippen molar-refractivity contribution < 1.29 is 17.4 Å². The van der Waals surface area contributed by atoms with E-state index in [1.165, 1.54) is 24.3 Å². The average Bonchev–Trinajstić information content (AvgIpc) is 2.15. The smallest absolute Gasteiger partial charge is 0.306 e. The van der Waals surface area contributed by atoms with E-state index in [9.17, 15) is 13.2 Å². The van der Waals surface area contributed by atoms with Crippen LogP contribution in [0, 0.1) is 0 Å². The number of carbonyl (C=O) groups excluding carboxylic acids is 1. The summed E-state index contributed by atoms with van der Waals surface area (Å²) in [7, 11) is -3.51. The molecule has 0 saturated carbocycles. The normalized spacial score (nSPS) is 11.1. The topological polar surface area (TPSA) is 60.4 Å². The number of benzene rings is 1. The van der Waals surface area contributed by atoms with Crippen LogP contribution in [-0.4, -0.2) is 25.8 Å². The third-order valence-corrected chi connectivity index (χ3v) is 2.55. The van der Waals surface area contributed by atoms with E-state index < -0.39 is 10.1 Å². The maximum absolute atomic E-state index is 11.2. The van der Waals surface area contributed by atoms with Crippen molar-refractivity contribution in [3.63, 3.8) is 0 Å². The van der Waals surface area contributed by atoms with Gasteiger partial charge in [-0.05, 0) is 24.3 Å². The molecule has 0 aliphatic heterocycles. The molecule has 1 aromatic carbocycles. The molecule has 0 aliphatic rings. The zero-order valence-electron chi connectivity index (χ0n) is 7.94. The number of hydrogen-bond donors (Lipinski definition) is 0. The molecular weight excluding hydrogens is 284 g/mol. The summed E-state index contributed by atoms with van der Waals surface area (Å²) in [6.07, 6.45) is 0.963. The maximum Gasteiger partial charge on any atom is 0.306 e. The van der Waals surface area contributed by atoms with E-state index in [1.807, 2.05) is 0 Å². The third-order valence-electron chi connectivity index (χ3n) is 1.55. The van der Waals surface area contributed by atoms with E-state index in [-0.39, 0.29) is 16.9 Å². The number of rotatable bonds is 4. The highest BCUT2D eigenvalue weighted by Gasteiger charge is 2.06. The lowest BCUT2D eigenvalue weighted by molar-refractivity contribution is 0.102. The summed E-state index contributed by atoms with van der Waals surface area (Å²) >= 11 is 3.04. The summed E-state index contributed by atoms with van der Waals surface area (Å²) in [5, 5.41) is 0.235. The summed E-state index contributed by atoms with van der Waals surface area (Å²) in [6, 6.07) is 5.92. The number of ketones is 1. The van der Waals surface area contributed by atoms with Crippen LogP contribution in [0.1, 0.15) is 10.4 Å². The van der Waals surface area contributed by atoms with Crippen LogP contribution in [0.4, 0.5) is 0 Å². The first-order chi connectivity index (χ1) is 6.92. The lowest BCUT2D eigenvalue weighted by atomic mass is 10.1. The fourth-order valence-electron chi connectivity index (χ4n) is 0.948. The summed E-state index contributed by atoms with van der Waals surface area (Å²) in [5.41, 5.74) is 0.507. The second-order valence-electron chi connectivity index (χ2n) is 2.87. The minimum Gasteiger partial charge on any atom is -0.383 e. The predicted molar refractivity (Wildman–Crippen MR) is 60.0 cm³/mol. The Balaban J connectivity index is 2.86. The third kappa shape index (κ3) is 4.01. The van der Waals surface area contributed by atoms with Gasteiger partial charge in [0.05, 0.1) is 11.6 Å². The minimum absolute atomic E-state index is 0.0686. The lowest BCUT2D eigenvalue weighted by Crippen LogP contribution is -2.06. The maximum atomic E-state index is 11.2. The molecule has 82 valence electrons. The van der Waals surface area contributed by atoms with Gasteiger partial charge < -0.3 is 4.18 Å². The van der Waals surface area contributed by atoms with Gasteiger partial charge >= 0.3 is 10.1 Å². The van der Waals surface area contributed by atoms with E-state index in [1.54, 1.807) is 0 Å². The Morgan fingerprint density at radius 1 is 1.33 bits per heavy atom. The van der Waals surface area contributed by atoms with E-state index in [4.69, 9.17) is 0 Å². The molecule has 0 N–H and O–H groups in total. The van der Waals surface area contributed by atoms with Gasteiger partial charge in [0, 0.05) is 5.56 Å². The first-order valence-electron chi connectivity index (χ1n) is 4.01. The summed E-state index contributed by atoms with van der Waals surface area (Å²) in [5.74, 6) is 0.129. The molecule has 1 aromatic rings. The number of Topliss-reactive ketones (excluding diaryl/α,β-unsaturated/α-hetero) is 1. The average molecular weight is 293 g/mol. The van der Waals surface area contributed by atoms with Crippen molar-refractivity contribution in [2.45, 2.75) is 0 Å². The van der Waals surface area contributed by atoms with Crippen molar-refractivity contribution in [2.75, 3.05) is 11.6 Å². The van der Waals surface area contributed by atoms with Crippen molar-refractivity contribution in [1.29, 1.82) is 0 Å². The molecule has 1 rings (SSSR count). The molecule has 6 heteroatoms. The van der Waals surface area contributed by atoms with Gasteiger partial charge in [0.1, 0.15) is 5.75 Å². The number of hydrogen-bond acceptors (Lipinski definition) is 4. The first-order valence-corrected chi connectivity index (χ1v) is 6.95. The van der Waals surface area contributed by atoms with Crippen molar-refractivity contribution in [3.05, 3.63) is 29.8 Å². The van der Waals surface area contributed by atoms with Crippen molar-refractivity contribution in [3.8, 4) is 5.75 Å². The fraction of sp³-hybridized carbons (Fsp3) is 0.222. The standard InChI is InChI=1S/C9H9BrO4S/c1-15(12,13)14-8-4-2-7(3-5-8)9(11)6-10/h2-5H,6H2,1H3. The molecule has 0 fully saturated rings. The molecule has 0 unspecified atom stereocenters. The van der Waals surface area contributed by atoms with E-state index >= 15 is 0 Å². The van der Waals surface area contributed by atoms with Gasteiger partial charge in [-0.1, -0.05) is 15.9 Å². The quantitative estimate of drug-likeness (QED) is 0.480. The Morgan fingerprint density at radius 2 is 1.87 bits per heavy atom. The largest absolute Gasteiger partial charge is 0.383 e. The van der Waals surface area contributed by atoms with E-state index in [0.29, 0.717) is 5.56 Å². The molecule has 0 bridgehead atoms. The predicted octanol–water partition coefficient (Wildman–Crippen LogP) is 1.60. The highest BCUT2D eigenvalue weighted by molar-refractivity contribution is 9.09. The van der Waals surface area contributed by atoms with Crippen LogP contribution in [0.5, 0.6) is 5.75 Å². The molecule has 4 nitrogen and oxygen atoms in total. The molecule has 0 aliphatic carbocycles. The Hall–Kier alpha value is -0.880. The van der Waals surface area contributed by atoms with Gasteiger partial charge in [-0.25, -0.2) is 0 Å². The van der Waals surface area contributed by atoms with E-state index in [0.717, 1.165) is 6.26 Å². The Morgan fingerprint density at radius 3 is 2.27 bits per heavy atom. The Kier molecular flexibility index (Phi) is 3.87. The molecule has 0 saturated heterocycles. The molecule has 0 aromatic heterocycles. The van der Waals surface area contributed by atoms with Gasteiger partial charge in [0.15, 0.2) is 5.78 Å². The van der Waals surface area contributed by atoms with Crippen LogP contribution in [0.3, 0.4) is 0 Å². The molecule has 15 heavy (non-hydrogen) atoms. The fourth-order valence-corrected chi connectivity index (χ4v) is 1.73. The monoisotopic (exact) mass is 292 g/mol. The van der Waals surface area contributed by atoms with Gasteiger partial charge in [-0.2, -0.15) is 8.42 Å². The minimum atomic E-state index is -3.51. The lowest BCUT2D eigenvalue weighted by Gasteiger charge is -2.03.